The zero-order chi connectivity index (χ0) is 11.5. The zero-order valence-electron chi connectivity index (χ0n) is 10.3. The summed E-state index contributed by atoms with van der Waals surface area (Å²) in [6.07, 6.45) is 6.53. The molecular weight excluding hydrogens is 188 g/mol. The third-order valence-corrected chi connectivity index (χ3v) is 3.15. The lowest BCUT2D eigenvalue weighted by Crippen LogP contribution is -2.50. The monoisotopic (exact) mass is 212 g/mol. The van der Waals surface area contributed by atoms with E-state index in [1.807, 2.05) is 7.05 Å². The summed E-state index contributed by atoms with van der Waals surface area (Å²) in [5, 5.41) is 0. The van der Waals surface area contributed by atoms with E-state index in [2.05, 4.69) is 0 Å². The van der Waals surface area contributed by atoms with Gasteiger partial charge in [0, 0.05) is 13.6 Å². The highest BCUT2D eigenvalue weighted by atomic mass is 16.2. The molecule has 1 amide bonds. The fraction of sp³-hybridized carbons (Fsp3) is 0.917. The molecule has 3 heteroatoms. The summed E-state index contributed by atoms with van der Waals surface area (Å²) < 4.78 is 0. The Morgan fingerprint density at radius 1 is 1.33 bits per heavy atom. The van der Waals surface area contributed by atoms with Crippen molar-refractivity contribution < 1.29 is 4.79 Å². The molecule has 1 fully saturated rings. The molecule has 0 radical (unpaired) electrons. The number of nitrogens with two attached hydrogens (primary N) is 1. The van der Waals surface area contributed by atoms with Crippen molar-refractivity contribution in [2.45, 2.75) is 51.5 Å². The number of likely N-dealkylation sites (N-methyl/N-ethyl adjacent to an activating group) is 1. The summed E-state index contributed by atoms with van der Waals surface area (Å²) in [5.74, 6) is 0.739. The first-order valence-corrected chi connectivity index (χ1v) is 5.95. The Morgan fingerprint density at radius 2 is 1.87 bits per heavy atom. The third kappa shape index (κ3) is 3.82. The van der Waals surface area contributed by atoms with Crippen molar-refractivity contribution in [2.24, 2.45) is 11.7 Å². The summed E-state index contributed by atoms with van der Waals surface area (Å²) in [6.45, 7) is 4.42. The van der Waals surface area contributed by atoms with E-state index in [0.717, 1.165) is 6.54 Å². The molecule has 1 aliphatic rings. The second-order valence-corrected chi connectivity index (χ2v) is 5.41. The molecule has 0 aromatic rings. The number of rotatable bonds is 3. The predicted octanol–water partition coefficient (Wildman–Crippen LogP) is 1.76. The van der Waals surface area contributed by atoms with E-state index in [4.69, 9.17) is 5.73 Å². The van der Waals surface area contributed by atoms with E-state index >= 15 is 0 Å². The Kier molecular flexibility index (Phi) is 4.14. The molecule has 1 rings (SSSR count). The highest BCUT2D eigenvalue weighted by molar-refractivity contribution is 5.84. The van der Waals surface area contributed by atoms with Crippen molar-refractivity contribution in [3.8, 4) is 0 Å². The maximum absolute atomic E-state index is 11.8. The van der Waals surface area contributed by atoms with E-state index in [1.54, 1.807) is 18.7 Å². The van der Waals surface area contributed by atoms with Crippen LogP contribution in [-0.2, 0) is 4.79 Å². The van der Waals surface area contributed by atoms with Crippen LogP contribution in [0, 0.1) is 5.92 Å². The molecular formula is C12H24N2O. The Labute approximate surface area is 93.0 Å². The second-order valence-electron chi connectivity index (χ2n) is 5.41. The number of carbonyl (C=O) groups is 1. The number of hydrogen-bond donors (Lipinski definition) is 1. The van der Waals surface area contributed by atoms with Crippen LogP contribution < -0.4 is 5.73 Å². The summed E-state index contributed by atoms with van der Waals surface area (Å²) in [7, 11) is 1.87. The summed E-state index contributed by atoms with van der Waals surface area (Å²) in [6, 6.07) is 0. The SMILES string of the molecule is CN(CC1CCCCC1)C(=O)C(C)(C)N. The fourth-order valence-corrected chi connectivity index (χ4v) is 2.33. The first kappa shape index (κ1) is 12.5. The largest absolute Gasteiger partial charge is 0.344 e. The quantitative estimate of drug-likeness (QED) is 0.775. The van der Waals surface area contributed by atoms with Crippen LogP contribution in [0.2, 0.25) is 0 Å². The van der Waals surface area contributed by atoms with Crippen LogP contribution in [-0.4, -0.2) is 29.9 Å². The van der Waals surface area contributed by atoms with Crippen LogP contribution in [0.1, 0.15) is 46.0 Å². The van der Waals surface area contributed by atoms with Crippen molar-refractivity contribution in [1.29, 1.82) is 0 Å². The molecule has 0 atom stereocenters. The van der Waals surface area contributed by atoms with Crippen LogP contribution in [0.25, 0.3) is 0 Å². The molecule has 1 aliphatic carbocycles. The van der Waals surface area contributed by atoms with Gasteiger partial charge in [0.1, 0.15) is 0 Å². The molecule has 2 N–H and O–H groups in total. The van der Waals surface area contributed by atoms with Gasteiger partial charge in [-0.3, -0.25) is 4.79 Å². The molecule has 0 aliphatic heterocycles. The average Bonchev–Trinajstić information content (AvgIpc) is 2.16. The Morgan fingerprint density at radius 3 is 2.33 bits per heavy atom. The molecule has 0 saturated heterocycles. The summed E-state index contributed by atoms with van der Waals surface area (Å²) >= 11 is 0. The van der Waals surface area contributed by atoms with E-state index in [1.165, 1.54) is 32.1 Å². The minimum atomic E-state index is -0.733. The summed E-state index contributed by atoms with van der Waals surface area (Å²) in [5.41, 5.74) is 5.06. The second kappa shape index (κ2) is 4.97. The molecule has 0 bridgehead atoms. The number of nitrogens with zero attached hydrogens (tertiary/aromatic N) is 1. The third-order valence-electron chi connectivity index (χ3n) is 3.15. The molecule has 88 valence electrons. The molecule has 0 aromatic carbocycles. The van der Waals surface area contributed by atoms with Crippen LogP contribution in [0.15, 0.2) is 0 Å². The van der Waals surface area contributed by atoms with E-state index in [9.17, 15) is 4.79 Å². The Hall–Kier alpha value is -0.570. The van der Waals surface area contributed by atoms with Gasteiger partial charge in [0.15, 0.2) is 0 Å². The van der Waals surface area contributed by atoms with Gasteiger partial charge in [0.25, 0.3) is 0 Å². The van der Waals surface area contributed by atoms with E-state index in [0.29, 0.717) is 5.92 Å². The molecule has 1 saturated carbocycles. The normalized spacial score (nSPS) is 18.9. The molecule has 15 heavy (non-hydrogen) atoms. The van der Waals surface area contributed by atoms with Crippen molar-refractivity contribution in [1.82, 2.24) is 4.90 Å². The highest BCUT2D eigenvalue weighted by Crippen LogP contribution is 2.24. The van der Waals surface area contributed by atoms with Crippen LogP contribution >= 0.6 is 0 Å². The highest BCUT2D eigenvalue weighted by Gasteiger charge is 2.27. The summed E-state index contributed by atoms with van der Waals surface area (Å²) in [4.78, 5) is 13.6. The molecule has 0 aromatic heterocycles. The van der Waals surface area contributed by atoms with E-state index < -0.39 is 5.54 Å². The van der Waals surface area contributed by atoms with Crippen molar-refractivity contribution in [3.05, 3.63) is 0 Å². The Bertz CT molecular complexity index is 214. The predicted molar refractivity (Wildman–Crippen MR) is 62.5 cm³/mol. The zero-order valence-corrected chi connectivity index (χ0v) is 10.3. The van der Waals surface area contributed by atoms with Gasteiger partial charge in [0.2, 0.25) is 5.91 Å². The van der Waals surface area contributed by atoms with Crippen LogP contribution in [0.4, 0.5) is 0 Å². The molecule has 3 nitrogen and oxygen atoms in total. The van der Waals surface area contributed by atoms with Gasteiger partial charge in [-0.2, -0.15) is 0 Å². The Balaban J connectivity index is 2.40. The van der Waals surface area contributed by atoms with E-state index in [-0.39, 0.29) is 5.91 Å². The van der Waals surface area contributed by atoms with Crippen molar-refractivity contribution >= 4 is 5.91 Å². The van der Waals surface area contributed by atoms with Crippen LogP contribution in [0.3, 0.4) is 0 Å². The maximum atomic E-state index is 11.8. The molecule has 0 unspecified atom stereocenters. The average molecular weight is 212 g/mol. The van der Waals surface area contributed by atoms with Gasteiger partial charge in [-0.15, -0.1) is 0 Å². The molecule has 0 heterocycles. The lowest BCUT2D eigenvalue weighted by molar-refractivity contribution is -0.135. The van der Waals surface area contributed by atoms with Gasteiger partial charge in [0.05, 0.1) is 5.54 Å². The topological polar surface area (TPSA) is 46.3 Å². The molecule has 0 spiro atoms. The smallest absolute Gasteiger partial charge is 0.241 e. The first-order valence-electron chi connectivity index (χ1n) is 5.95. The number of hydrogen-bond acceptors (Lipinski definition) is 2. The van der Waals surface area contributed by atoms with Gasteiger partial charge in [-0.1, -0.05) is 19.3 Å². The fourth-order valence-electron chi connectivity index (χ4n) is 2.33. The van der Waals surface area contributed by atoms with Gasteiger partial charge >= 0.3 is 0 Å². The number of carbonyl (C=O) groups excluding carboxylic acids is 1. The van der Waals surface area contributed by atoms with Gasteiger partial charge in [-0.25, -0.2) is 0 Å². The van der Waals surface area contributed by atoms with Crippen LogP contribution in [0.5, 0.6) is 0 Å². The standard InChI is InChI=1S/C12H24N2O/c1-12(2,13)11(15)14(3)9-10-7-5-4-6-8-10/h10H,4-9,13H2,1-3H3. The lowest BCUT2D eigenvalue weighted by Gasteiger charge is -2.30. The maximum Gasteiger partial charge on any atom is 0.241 e. The van der Waals surface area contributed by atoms with Gasteiger partial charge < -0.3 is 10.6 Å². The minimum Gasteiger partial charge on any atom is -0.344 e. The minimum absolute atomic E-state index is 0.0491. The first-order chi connectivity index (χ1) is 6.91. The number of amides is 1. The lowest BCUT2D eigenvalue weighted by atomic mass is 9.88. The van der Waals surface area contributed by atoms with Crippen molar-refractivity contribution in [3.63, 3.8) is 0 Å². The van der Waals surface area contributed by atoms with Crippen molar-refractivity contribution in [2.75, 3.05) is 13.6 Å². The van der Waals surface area contributed by atoms with Gasteiger partial charge in [-0.05, 0) is 32.6 Å².